The van der Waals surface area contributed by atoms with Crippen LogP contribution in [0.15, 0.2) is 36.9 Å². The van der Waals surface area contributed by atoms with E-state index in [-0.39, 0.29) is 17.4 Å². The molecule has 1 atom stereocenters. The molecule has 0 saturated heterocycles. The predicted octanol–water partition coefficient (Wildman–Crippen LogP) is 2.93. The fourth-order valence-corrected chi connectivity index (χ4v) is 1.54. The molecule has 0 fully saturated rings. The lowest BCUT2D eigenvalue weighted by Crippen LogP contribution is -2.11. The summed E-state index contributed by atoms with van der Waals surface area (Å²) < 4.78 is 0. The SMILES string of the molecule is C=CCC(C[N+](=O)[O-])c1ccc(C)cc1. The summed E-state index contributed by atoms with van der Waals surface area (Å²) in [5.41, 5.74) is 2.18. The van der Waals surface area contributed by atoms with Crippen LogP contribution < -0.4 is 0 Å². The van der Waals surface area contributed by atoms with Crippen LogP contribution >= 0.6 is 0 Å². The van der Waals surface area contributed by atoms with Gasteiger partial charge in [0.2, 0.25) is 6.54 Å². The van der Waals surface area contributed by atoms with E-state index in [0.29, 0.717) is 6.42 Å². The van der Waals surface area contributed by atoms with E-state index in [1.54, 1.807) is 6.08 Å². The van der Waals surface area contributed by atoms with E-state index in [9.17, 15) is 10.1 Å². The van der Waals surface area contributed by atoms with Gasteiger partial charge in [0.05, 0.1) is 5.92 Å². The third-order valence-corrected chi connectivity index (χ3v) is 2.37. The van der Waals surface area contributed by atoms with Crippen LogP contribution in [0.25, 0.3) is 0 Å². The Labute approximate surface area is 89.6 Å². The smallest absolute Gasteiger partial charge is 0.210 e. The first-order chi connectivity index (χ1) is 7.13. The van der Waals surface area contributed by atoms with E-state index in [1.165, 1.54) is 0 Å². The molecule has 3 heteroatoms. The average Bonchev–Trinajstić information content (AvgIpc) is 2.17. The van der Waals surface area contributed by atoms with Crippen LogP contribution in [0, 0.1) is 17.0 Å². The summed E-state index contributed by atoms with van der Waals surface area (Å²) in [5.74, 6) is -0.0573. The molecule has 3 nitrogen and oxygen atoms in total. The highest BCUT2D eigenvalue weighted by Crippen LogP contribution is 2.20. The quantitative estimate of drug-likeness (QED) is 0.421. The summed E-state index contributed by atoms with van der Waals surface area (Å²) in [6, 6.07) is 7.86. The molecule has 0 aliphatic carbocycles. The second kappa shape index (κ2) is 5.29. The van der Waals surface area contributed by atoms with E-state index in [0.717, 1.165) is 11.1 Å². The van der Waals surface area contributed by atoms with Gasteiger partial charge in [-0.3, -0.25) is 10.1 Å². The molecule has 80 valence electrons. The van der Waals surface area contributed by atoms with Crippen molar-refractivity contribution in [3.05, 3.63) is 58.2 Å². The molecule has 1 aromatic rings. The summed E-state index contributed by atoms with van der Waals surface area (Å²) >= 11 is 0. The fraction of sp³-hybridized carbons (Fsp3) is 0.333. The van der Waals surface area contributed by atoms with Crippen molar-refractivity contribution in [1.29, 1.82) is 0 Å². The minimum atomic E-state index is -0.270. The highest BCUT2D eigenvalue weighted by Gasteiger charge is 2.15. The van der Waals surface area contributed by atoms with Gasteiger partial charge < -0.3 is 0 Å². The monoisotopic (exact) mass is 205 g/mol. The molecule has 0 N–H and O–H groups in total. The van der Waals surface area contributed by atoms with Crippen molar-refractivity contribution in [2.24, 2.45) is 0 Å². The first kappa shape index (κ1) is 11.4. The maximum absolute atomic E-state index is 10.5. The summed E-state index contributed by atoms with van der Waals surface area (Å²) in [6.07, 6.45) is 2.37. The molecule has 0 aliphatic rings. The van der Waals surface area contributed by atoms with Crippen molar-refractivity contribution in [2.75, 3.05) is 6.54 Å². The average molecular weight is 205 g/mol. The Balaban J connectivity index is 2.83. The van der Waals surface area contributed by atoms with Crippen LogP contribution in [-0.2, 0) is 0 Å². The van der Waals surface area contributed by atoms with Gasteiger partial charge in [0.15, 0.2) is 0 Å². The standard InChI is InChI=1S/C12H15NO2/c1-3-4-12(9-13(14)15)11-7-5-10(2)6-8-11/h3,5-8,12H,1,4,9H2,2H3. The minimum absolute atomic E-state index is 0.0327. The van der Waals surface area contributed by atoms with Crippen LogP contribution in [0.3, 0.4) is 0 Å². The van der Waals surface area contributed by atoms with Crippen molar-refractivity contribution < 1.29 is 4.92 Å². The van der Waals surface area contributed by atoms with Crippen molar-refractivity contribution in [3.63, 3.8) is 0 Å². The summed E-state index contributed by atoms with van der Waals surface area (Å²) in [7, 11) is 0. The largest absolute Gasteiger partial charge is 0.265 e. The van der Waals surface area contributed by atoms with Gasteiger partial charge in [-0.25, -0.2) is 0 Å². The van der Waals surface area contributed by atoms with Gasteiger partial charge in [0, 0.05) is 4.92 Å². The Bertz CT molecular complexity index is 343. The molecule has 0 aliphatic heterocycles. The zero-order valence-corrected chi connectivity index (χ0v) is 8.85. The third kappa shape index (κ3) is 3.54. The molecular weight excluding hydrogens is 190 g/mol. The van der Waals surface area contributed by atoms with Crippen LogP contribution in [0.4, 0.5) is 0 Å². The number of allylic oxidation sites excluding steroid dienone is 1. The minimum Gasteiger partial charge on any atom is -0.265 e. The Hall–Kier alpha value is -1.64. The van der Waals surface area contributed by atoms with Crippen molar-refractivity contribution in [2.45, 2.75) is 19.3 Å². The van der Waals surface area contributed by atoms with Gasteiger partial charge >= 0.3 is 0 Å². The summed E-state index contributed by atoms with van der Waals surface area (Å²) in [6.45, 7) is 5.60. The molecular formula is C12H15NO2. The van der Waals surface area contributed by atoms with Crippen molar-refractivity contribution in [1.82, 2.24) is 0 Å². The summed E-state index contributed by atoms with van der Waals surface area (Å²) in [4.78, 5) is 10.2. The molecule has 0 spiro atoms. The van der Waals surface area contributed by atoms with Crippen LogP contribution in [0.1, 0.15) is 23.5 Å². The molecule has 0 aromatic heterocycles. The fourth-order valence-electron chi connectivity index (χ4n) is 1.54. The second-order valence-electron chi connectivity index (χ2n) is 3.65. The molecule has 0 saturated carbocycles. The van der Waals surface area contributed by atoms with E-state index < -0.39 is 0 Å². The number of aryl methyl sites for hydroxylation is 1. The van der Waals surface area contributed by atoms with Crippen LogP contribution in [0.5, 0.6) is 0 Å². The maximum Gasteiger partial charge on any atom is 0.210 e. The number of nitro groups is 1. The number of hydrogen-bond acceptors (Lipinski definition) is 2. The van der Waals surface area contributed by atoms with Gasteiger partial charge in [-0.05, 0) is 18.9 Å². The molecule has 0 heterocycles. The Morgan fingerprint density at radius 2 is 2.07 bits per heavy atom. The Morgan fingerprint density at radius 3 is 2.53 bits per heavy atom. The first-order valence-corrected chi connectivity index (χ1v) is 4.92. The van der Waals surface area contributed by atoms with Gasteiger partial charge in [-0.1, -0.05) is 35.9 Å². The molecule has 1 rings (SSSR count). The lowest BCUT2D eigenvalue weighted by atomic mass is 9.95. The number of benzene rings is 1. The second-order valence-corrected chi connectivity index (χ2v) is 3.65. The predicted molar refractivity (Wildman–Crippen MR) is 60.6 cm³/mol. The Morgan fingerprint density at radius 1 is 1.47 bits per heavy atom. The molecule has 0 amide bonds. The number of nitrogens with zero attached hydrogens (tertiary/aromatic N) is 1. The van der Waals surface area contributed by atoms with E-state index in [1.807, 2.05) is 31.2 Å². The Kier molecular flexibility index (Phi) is 4.03. The van der Waals surface area contributed by atoms with Crippen molar-refractivity contribution in [3.8, 4) is 0 Å². The first-order valence-electron chi connectivity index (χ1n) is 4.92. The molecule has 0 bridgehead atoms. The van der Waals surface area contributed by atoms with Gasteiger partial charge in [0.1, 0.15) is 0 Å². The van der Waals surface area contributed by atoms with Crippen LogP contribution in [0.2, 0.25) is 0 Å². The summed E-state index contributed by atoms with van der Waals surface area (Å²) in [5, 5.41) is 10.5. The molecule has 15 heavy (non-hydrogen) atoms. The lowest BCUT2D eigenvalue weighted by Gasteiger charge is -2.10. The van der Waals surface area contributed by atoms with E-state index in [4.69, 9.17) is 0 Å². The highest BCUT2D eigenvalue weighted by atomic mass is 16.6. The van der Waals surface area contributed by atoms with Gasteiger partial charge in [0.25, 0.3) is 0 Å². The molecule has 1 aromatic carbocycles. The van der Waals surface area contributed by atoms with Crippen molar-refractivity contribution >= 4 is 0 Å². The zero-order chi connectivity index (χ0) is 11.3. The van der Waals surface area contributed by atoms with E-state index >= 15 is 0 Å². The topological polar surface area (TPSA) is 43.1 Å². The van der Waals surface area contributed by atoms with Gasteiger partial charge in [-0.15, -0.1) is 6.58 Å². The normalized spacial score (nSPS) is 12.1. The zero-order valence-electron chi connectivity index (χ0n) is 8.85. The van der Waals surface area contributed by atoms with Crippen LogP contribution in [-0.4, -0.2) is 11.5 Å². The maximum atomic E-state index is 10.5. The third-order valence-electron chi connectivity index (χ3n) is 2.37. The lowest BCUT2D eigenvalue weighted by molar-refractivity contribution is -0.483. The number of hydrogen-bond donors (Lipinski definition) is 0. The number of rotatable bonds is 5. The van der Waals surface area contributed by atoms with Gasteiger partial charge in [-0.2, -0.15) is 0 Å². The highest BCUT2D eigenvalue weighted by molar-refractivity contribution is 5.25. The van der Waals surface area contributed by atoms with E-state index in [2.05, 4.69) is 6.58 Å². The molecule has 1 unspecified atom stereocenters. The molecule has 0 radical (unpaired) electrons.